The Kier molecular flexibility index (Phi) is 9.92. The van der Waals surface area contributed by atoms with E-state index in [9.17, 15) is 45.4 Å². The molecule has 1 heterocycles. The van der Waals surface area contributed by atoms with E-state index in [2.05, 4.69) is 15.2 Å². The number of alkyl halides is 5. The van der Waals surface area contributed by atoms with Crippen molar-refractivity contribution in [3.63, 3.8) is 0 Å². The zero-order chi connectivity index (χ0) is 31.8. The number of hydrogen-bond acceptors (Lipinski definition) is 7. The summed E-state index contributed by atoms with van der Waals surface area (Å²) in [5.74, 6) is -1.34. The quantitative estimate of drug-likeness (QED) is 0.327. The van der Waals surface area contributed by atoms with Crippen LogP contribution in [0.3, 0.4) is 0 Å². The number of amides is 1. The van der Waals surface area contributed by atoms with Crippen LogP contribution in [0.15, 0.2) is 18.2 Å². The van der Waals surface area contributed by atoms with Gasteiger partial charge in [0.05, 0.1) is 27.5 Å². The molecule has 1 saturated carbocycles. The van der Waals surface area contributed by atoms with E-state index < -0.39 is 69.6 Å². The Morgan fingerprint density at radius 1 is 1.31 bits per heavy atom. The molecule has 3 N–H and O–H groups in total. The number of aliphatic hydroxyl groups excluding tert-OH is 1. The Morgan fingerprint density at radius 3 is 2.48 bits per heavy atom. The van der Waals surface area contributed by atoms with Gasteiger partial charge in [0.1, 0.15) is 21.2 Å². The lowest BCUT2D eigenvalue weighted by Gasteiger charge is -2.39. The fraction of sp³-hybridized carbons (Fsp3) is 0.615. The van der Waals surface area contributed by atoms with Crippen molar-refractivity contribution in [2.75, 3.05) is 12.8 Å². The van der Waals surface area contributed by atoms with Gasteiger partial charge in [-0.05, 0) is 50.3 Å². The first-order valence-electron chi connectivity index (χ1n) is 13.0. The fourth-order valence-electron chi connectivity index (χ4n) is 4.82. The summed E-state index contributed by atoms with van der Waals surface area (Å²) in [4.78, 5) is 13.0. The molecule has 0 saturated heterocycles. The van der Waals surface area contributed by atoms with Gasteiger partial charge >= 0.3 is 12.8 Å². The van der Waals surface area contributed by atoms with Gasteiger partial charge < -0.3 is 20.3 Å². The molecule has 0 radical (unpaired) electrons. The Labute approximate surface area is 244 Å². The summed E-state index contributed by atoms with van der Waals surface area (Å²) in [5.41, 5.74) is -4.30. The molecule has 16 heteroatoms. The molecule has 3 rings (SSSR count). The summed E-state index contributed by atoms with van der Waals surface area (Å²) in [5, 5.41) is 26.8. The van der Waals surface area contributed by atoms with Crippen LogP contribution in [-0.4, -0.2) is 76.9 Å². The van der Waals surface area contributed by atoms with Gasteiger partial charge in [0.25, 0.3) is 5.91 Å². The maximum Gasteiger partial charge on any atom is 0.394 e. The summed E-state index contributed by atoms with van der Waals surface area (Å²) < 4.78 is 96.4. The molecular weight excluding hydrogens is 613 g/mol. The van der Waals surface area contributed by atoms with Crippen molar-refractivity contribution in [2.24, 2.45) is 5.41 Å². The van der Waals surface area contributed by atoms with Gasteiger partial charge in [-0.25, -0.2) is 8.42 Å². The maximum absolute atomic E-state index is 13.4. The largest absolute Gasteiger partial charge is 0.434 e. The number of carbonyl (C=O) groups excluding carboxylic acids is 1. The van der Waals surface area contributed by atoms with E-state index in [0.717, 1.165) is 26.2 Å². The van der Waals surface area contributed by atoms with E-state index in [4.69, 9.17) is 11.6 Å². The van der Waals surface area contributed by atoms with Crippen LogP contribution in [0.1, 0.15) is 56.1 Å². The molecule has 9 nitrogen and oxygen atoms in total. The van der Waals surface area contributed by atoms with Gasteiger partial charge in [-0.2, -0.15) is 27.1 Å². The van der Waals surface area contributed by atoms with Gasteiger partial charge in [0, 0.05) is 24.9 Å². The standard InChI is InChI=1S/C26H33ClF5N3O6S/c1-5-35-21(16-7-6-14(10-17(16)41-23(28)29)12-24(2,3)26(30,31)32)19(27)20(34-35)22(37)33-13-25(38)9-8-15(11-18(25)36)42(4,39)40/h6-7,10,15,18,23,36,38H,5,8-9,11-13H2,1-4H3,(H,33,37)/t15-,18+,25-/m1/s1. The Morgan fingerprint density at radius 2 is 1.95 bits per heavy atom. The average Bonchev–Trinajstić information content (AvgIpc) is 3.18. The van der Waals surface area contributed by atoms with E-state index in [0.29, 0.717) is 0 Å². The lowest BCUT2D eigenvalue weighted by molar-refractivity contribution is -0.211. The van der Waals surface area contributed by atoms with E-state index in [-0.39, 0.29) is 53.3 Å². The summed E-state index contributed by atoms with van der Waals surface area (Å²) in [6.07, 6.45) is -5.75. The summed E-state index contributed by atoms with van der Waals surface area (Å²) in [6, 6.07) is 3.63. The highest BCUT2D eigenvalue weighted by molar-refractivity contribution is 7.91. The molecule has 1 aromatic heterocycles. The van der Waals surface area contributed by atoms with Crippen molar-refractivity contribution in [1.82, 2.24) is 15.1 Å². The van der Waals surface area contributed by atoms with Gasteiger partial charge in [-0.3, -0.25) is 9.48 Å². The third kappa shape index (κ3) is 7.34. The van der Waals surface area contributed by atoms with Crippen molar-refractivity contribution < 1.29 is 50.1 Å². The summed E-state index contributed by atoms with van der Waals surface area (Å²) in [6.45, 7) is -0.0854. The number of rotatable bonds is 10. The predicted molar refractivity (Wildman–Crippen MR) is 144 cm³/mol. The number of aromatic nitrogens is 2. The van der Waals surface area contributed by atoms with Crippen LogP contribution >= 0.6 is 11.6 Å². The molecule has 236 valence electrons. The zero-order valence-corrected chi connectivity index (χ0v) is 24.9. The second-order valence-corrected chi connectivity index (χ2v) is 13.8. The topological polar surface area (TPSA) is 131 Å². The third-order valence-electron chi connectivity index (χ3n) is 7.51. The third-order valence-corrected chi connectivity index (χ3v) is 9.50. The summed E-state index contributed by atoms with van der Waals surface area (Å²) >= 11 is 6.49. The van der Waals surface area contributed by atoms with Crippen molar-refractivity contribution in [2.45, 2.75) is 82.7 Å². The minimum Gasteiger partial charge on any atom is -0.434 e. The highest BCUT2D eigenvalue weighted by Crippen LogP contribution is 2.43. The molecule has 0 unspecified atom stereocenters. The molecule has 1 fully saturated rings. The van der Waals surface area contributed by atoms with E-state index in [1.54, 1.807) is 6.92 Å². The molecule has 0 bridgehead atoms. The maximum atomic E-state index is 13.4. The molecule has 0 aliphatic heterocycles. The van der Waals surface area contributed by atoms with Crippen LogP contribution in [0, 0.1) is 5.41 Å². The molecule has 1 aliphatic rings. The Hall–Kier alpha value is -2.49. The molecule has 1 aliphatic carbocycles. The molecule has 2 aromatic rings. The number of ether oxygens (including phenoxy) is 1. The number of halogens is 6. The molecule has 3 atom stereocenters. The zero-order valence-electron chi connectivity index (χ0n) is 23.3. The van der Waals surface area contributed by atoms with Crippen molar-refractivity contribution in [3.8, 4) is 17.0 Å². The van der Waals surface area contributed by atoms with Crippen LogP contribution in [-0.2, 0) is 22.8 Å². The second-order valence-electron chi connectivity index (χ2n) is 11.1. The highest BCUT2D eigenvalue weighted by Gasteiger charge is 2.47. The lowest BCUT2D eigenvalue weighted by atomic mass is 9.82. The first kappa shape index (κ1) is 34.0. The van der Waals surface area contributed by atoms with E-state index in [1.807, 2.05) is 0 Å². The average molecular weight is 646 g/mol. The number of sulfone groups is 1. The fourth-order valence-corrected chi connectivity index (χ4v) is 6.22. The monoisotopic (exact) mass is 645 g/mol. The Balaban J connectivity index is 1.91. The van der Waals surface area contributed by atoms with Crippen molar-refractivity contribution >= 4 is 27.3 Å². The predicted octanol–water partition coefficient (Wildman–Crippen LogP) is 4.37. The lowest BCUT2D eigenvalue weighted by Crippen LogP contribution is -2.56. The van der Waals surface area contributed by atoms with Crippen molar-refractivity contribution in [1.29, 1.82) is 0 Å². The van der Waals surface area contributed by atoms with Crippen LogP contribution in [0.25, 0.3) is 11.3 Å². The first-order valence-corrected chi connectivity index (χ1v) is 15.3. The molecule has 1 aromatic carbocycles. The summed E-state index contributed by atoms with van der Waals surface area (Å²) in [7, 11) is -3.45. The number of carbonyl (C=O) groups is 1. The van der Waals surface area contributed by atoms with Gasteiger partial charge in [0.2, 0.25) is 0 Å². The molecule has 1 amide bonds. The number of aryl methyl sites for hydroxylation is 1. The second kappa shape index (κ2) is 12.2. The SMILES string of the molecule is CCn1nc(C(=O)NC[C@]2(O)CC[C@@H](S(C)(=O)=O)C[C@@H]2O)c(Cl)c1-c1ccc(CC(C)(C)C(F)(F)F)cc1OC(F)F. The number of hydrogen-bond donors (Lipinski definition) is 3. The molecular formula is C26H33ClF5N3O6S. The minimum atomic E-state index is -4.56. The number of benzene rings is 1. The number of aliphatic hydroxyl groups is 2. The highest BCUT2D eigenvalue weighted by atomic mass is 35.5. The first-order chi connectivity index (χ1) is 19.2. The molecule has 42 heavy (non-hydrogen) atoms. The van der Waals surface area contributed by atoms with Gasteiger partial charge in [-0.1, -0.05) is 31.5 Å². The molecule has 0 spiro atoms. The van der Waals surface area contributed by atoms with E-state index >= 15 is 0 Å². The van der Waals surface area contributed by atoms with Crippen molar-refractivity contribution in [3.05, 3.63) is 34.5 Å². The van der Waals surface area contributed by atoms with E-state index in [1.165, 1.54) is 16.8 Å². The van der Waals surface area contributed by atoms with Crippen LogP contribution in [0.5, 0.6) is 5.75 Å². The van der Waals surface area contributed by atoms with Crippen LogP contribution in [0.2, 0.25) is 5.02 Å². The smallest absolute Gasteiger partial charge is 0.394 e. The van der Waals surface area contributed by atoms with Crippen LogP contribution < -0.4 is 10.1 Å². The van der Waals surface area contributed by atoms with Gasteiger partial charge in [0.15, 0.2) is 5.69 Å². The van der Waals surface area contributed by atoms with Crippen LogP contribution in [0.4, 0.5) is 22.0 Å². The number of nitrogens with one attached hydrogen (secondary N) is 1. The minimum absolute atomic E-state index is 0.00555. The normalized spacial score (nSPS) is 21.9. The number of nitrogens with zero attached hydrogens (tertiary/aromatic N) is 2. The Bertz CT molecular complexity index is 1420. The van der Waals surface area contributed by atoms with Gasteiger partial charge in [-0.15, -0.1) is 0 Å².